The number of fused-ring (bicyclic) bond motifs is 1. The van der Waals surface area contributed by atoms with Crippen LogP contribution in [0.25, 0.3) is 20.5 Å². The molecule has 5 rings (SSSR count). The third-order valence-corrected chi connectivity index (χ3v) is 7.60. The van der Waals surface area contributed by atoms with E-state index >= 15 is 0 Å². The molecular formula is C28H31NO4S. The quantitative estimate of drug-likeness (QED) is 0.408. The zero-order chi connectivity index (χ0) is 23.3. The third-order valence-electron chi connectivity index (χ3n) is 6.42. The van der Waals surface area contributed by atoms with Crippen molar-refractivity contribution in [3.63, 3.8) is 0 Å². The summed E-state index contributed by atoms with van der Waals surface area (Å²) < 4.78 is 19.1. The van der Waals surface area contributed by atoms with E-state index in [0.29, 0.717) is 0 Å². The Labute approximate surface area is 204 Å². The van der Waals surface area contributed by atoms with E-state index in [9.17, 15) is 5.11 Å². The maximum Gasteiger partial charge on any atom is 0.153 e. The highest BCUT2D eigenvalue weighted by molar-refractivity contribution is 7.22. The van der Waals surface area contributed by atoms with Gasteiger partial charge in [0.1, 0.15) is 17.3 Å². The molecule has 0 radical (unpaired) electrons. The van der Waals surface area contributed by atoms with Gasteiger partial charge in [0, 0.05) is 16.6 Å². The van der Waals surface area contributed by atoms with Crippen LogP contribution in [0.2, 0.25) is 0 Å². The highest BCUT2D eigenvalue weighted by Crippen LogP contribution is 2.46. The molecule has 1 saturated heterocycles. The molecule has 5 nitrogen and oxygen atoms in total. The van der Waals surface area contributed by atoms with Gasteiger partial charge in [-0.2, -0.15) is 0 Å². The molecule has 178 valence electrons. The topological polar surface area (TPSA) is 51.2 Å². The SMILES string of the molecule is COc1ccc2c(OC3=CC[C@H](OCCN4CCCCC4)C=C3)c(-c3ccc(O)cc3)sc2c1. The number of ether oxygens (including phenoxy) is 3. The number of methoxy groups -OCH3 is 1. The standard InChI is InChI=1S/C28H31NO4S/c1-31-24-13-14-25-26(19-24)34-28(20-5-7-21(30)8-6-20)27(25)33-23-11-9-22(10-12-23)32-18-17-29-15-3-2-4-16-29/h5-9,11-14,19,22,30H,2-4,10,15-18H2,1H3/t22-/m1/s1. The lowest BCUT2D eigenvalue weighted by molar-refractivity contribution is 0.0604. The fourth-order valence-electron chi connectivity index (χ4n) is 4.50. The number of likely N-dealkylation sites (tertiary alicyclic amines) is 1. The fourth-order valence-corrected chi connectivity index (χ4v) is 5.66. The van der Waals surface area contributed by atoms with Crippen molar-refractivity contribution < 1.29 is 19.3 Å². The molecule has 0 unspecified atom stereocenters. The predicted molar refractivity (Wildman–Crippen MR) is 138 cm³/mol. The van der Waals surface area contributed by atoms with E-state index in [-0.39, 0.29) is 11.9 Å². The molecule has 2 heterocycles. The lowest BCUT2D eigenvalue weighted by Gasteiger charge is -2.27. The van der Waals surface area contributed by atoms with E-state index < -0.39 is 0 Å². The third kappa shape index (κ3) is 5.30. The van der Waals surface area contributed by atoms with Crippen LogP contribution in [0.3, 0.4) is 0 Å². The summed E-state index contributed by atoms with van der Waals surface area (Å²) in [4.78, 5) is 3.53. The minimum atomic E-state index is 0.0946. The van der Waals surface area contributed by atoms with Crippen LogP contribution in [-0.4, -0.2) is 49.5 Å². The molecule has 0 saturated carbocycles. The van der Waals surface area contributed by atoms with Crippen molar-refractivity contribution in [2.24, 2.45) is 0 Å². The van der Waals surface area contributed by atoms with Crippen molar-refractivity contribution in [2.75, 3.05) is 33.4 Å². The number of phenols is 1. The first-order valence-electron chi connectivity index (χ1n) is 12.0. The second-order valence-corrected chi connectivity index (χ2v) is 9.84. The Morgan fingerprint density at radius 2 is 1.88 bits per heavy atom. The fraction of sp³-hybridized carbons (Fsp3) is 0.357. The normalized spacial score (nSPS) is 18.7. The maximum absolute atomic E-state index is 9.73. The van der Waals surface area contributed by atoms with Gasteiger partial charge < -0.3 is 24.2 Å². The lowest BCUT2D eigenvalue weighted by Crippen LogP contribution is -2.33. The summed E-state index contributed by atoms with van der Waals surface area (Å²) in [5.74, 6) is 2.72. The van der Waals surface area contributed by atoms with E-state index in [1.54, 1.807) is 30.6 Å². The lowest BCUT2D eigenvalue weighted by atomic mass is 10.1. The van der Waals surface area contributed by atoms with Crippen molar-refractivity contribution in [3.8, 4) is 27.7 Å². The first-order chi connectivity index (χ1) is 16.7. The molecule has 6 heteroatoms. The van der Waals surface area contributed by atoms with Gasteiger partial charge in [0.2, 0.25) is 0 Å². The summed E-state index contributed by atoms with van der Waals surface area (Å²) in [6, 6.07) is 13.3. The van der Waals surface area contributed by atoms with Gasteiger partial charge in [-0.1, -0.05) is 12.5 Å². The summed E-state index contributed by atoms with van der Waals surface area (Å²) in [5.41, 5.74) is 1.01. The van der Waals surface area contributed by atoms with Crippen LogP contribution in [0, 0.1) is 0 Å². The maximum atomic E-state index is 9.73. The highest BCUT2D eigenvalue weighted by atomic mass is 32.1. The number of phenolic OH excluding ortho intramolecular Hbond substituents is 1. The van der Waals surface area contributed by atoms with Crippen molar-refractivity contribution in [1.29, 1.82) is 0 Å². The molecule has 0 bridgehead atoms. The first-order valence-corrected chi connectivity index (χ1v) is 12.8. The van der Waals surface area contributed by atoms with E-state index in [2.05, 4.69) is 17.1 Å². The number of benzene rings is 2. The number of piperidine rings is 1. The number of hydrogen-bond donors (Lipinski definition) is 1. The second-order valence-electron chi connectivity index (χ2n) is 8.78. The minimum Gasteiger partial charge on any atom is -0.508 e. The van der Waals surface area contributed by atoms with Gasteiger partial charge in [-0.3, -0.25) is 0 Å². The van der Waals surface area contributed by atoms with Crippen molar-refractivity contribution >= 4 is 21.4 Å². The molecule has 1 N–H and O–H groups in total. The number of hydrogen-bond acceptors (Lipinski definition) is 6. The Kier molecular flexibility index (Phi) is 7.19. The van der Waals surface area contributed by atoms with Crippen molar-refractivity contribution in [2.45, 2.75) is 31.8 Å². The Balaban J connectivity index is 1.29. The predicted octanol–water partition coefficient (Wildman–Crippen LogP) is 6.38. The average Bonchev–Trinajstić information content (AvgIpc) is 3.23. The van der Waals surface area contributed by atoms with Crippen molar-refractivity contribution in [1.82, 2.24) is 4.90 Å². The molecule has 1 fully saturated rings. The van der Waals surface area contributed by atoms with Crippen LogP contribution in [0.4, 0.5) is 0 Å². The summed E-state index contributed by atoms with van der Waals surface area (Å²) >= 11 is 1.66. The molecule has 1 aromatic heterocycles. The number of allylic oxidation sites excluding steroid dienone is 1. The molecule has 0 amide bonds. The molecule has 3 aromatic rings. The zero-order valence-electron chi connectivity index (χ0n) is 19.5. The van der Waals surface area contributed by atoms with Gasteiger partial charge in [0.15, 0.2) is 5.75 Å². The molecule has 2 aromatic carbocycles. The van der Waals surface area contributed by atoms with Crippen LogP contribution < -0.4 is 9.47 Å². The van der Waals surface area contributed by atoms with E-state index in [0.717, 1.165) is 57.4 Å². The molecule has 2 aliphatic rings. The summed E-state index contributed by atoms with van der Waals surface area (Å²) in [6.07, 6.45) is 11.1. The van der Waals surface area contributed by atoms with Gasteiger partial charge in [-0.25, -0.2) is 0 Å². The first kappa shape index (κ1) is 23.0. The molecule has 1 aliphatic carbocycles. The molecule has 1 atom stereocenters. The molecule has 34 heavy (non-hydrogen) atoms. The second kappa shape index (κ2) is 10.6. The van der Waals surface area contributed by atoms with Crippen LogP contribution in [0.5, 0.6) is 17.2 Å². The Bertz CT molecular complexity index is 1180. The summed E-state index contributed by atoms with van der Waals surface area (Å²) in [5, 5.41) is 10.8. The number of rotatable bonds is 8. The molecule has 1 aliphatic heterocycles. The van der Waals surface area contributed by atoms with Gasteiger partial charge in [0.05, 0.1) is 24.7 Å². The monoisotopic (exact) mass is 477 g/mol. The highest BCUT2D eigenvalue weighted by Gasteiger charge is 2.19. The number of nitrogens with zero attached hydrogens (tertiary/aromatic N) is 1. The van der Waals surface area contributed by atoms with Crippen LogP contribution in [0.15, 0.2) is 66.5 Å². The summed E-state index contributed by atoms with van der Waals surface area (Å²) in [7, 11) is 1.68. The Morgan fingerprint density at radius 1 is 1.06 bits per heavy atom. The van der Waals surface area contributed by atoms with E-state index in [1.807, 2.05) is 36.4 Å². The Morgan fingerprint density at radius 3 is 2.62 bits per heavy atom. The van der Waals surface area contributed by atoms with E-state index in [4.69, 9.17) is 14.2 Å². The van der Waals surface area contributed by atoms with Gasteiger partial charge >= 0.3 is 0 Å². The largest absolute Gasteiger partial charge is 0.508 e. The van der Waals surface area contributed by atoms with Crippen LogP contribution in [0.1, 0.15) is 25.7 Å². The molecular weight excluding hydrogens is 446 g/mol. The van der Waals surface area contributed by atoms with Crippen LogP contribution >= 0.6 is 11.3 Å². The summed E-state index contributed by atoms with van der Waals surface area (Å²) in [6.45, 7) is 4.18. The Hall–Kier alpha value is -2.80. The molecule has 0 spiro atoms. The number of aromatic hydroxyl groups is 1. The zero-order valence-corrected chi connectivity index (χ0v) is 20.4. The average molecular weight is 478 g/mol. The smallest absolute Gasteiger partial charge is 0.153 e. The van der Waals surface area contributed by atoms with Crippen LogP contribution in [-0.2, 0) is 4.74 Å². The van der Waals surface area contributed by atoms with Gasteiger partial charge in [-0.15, -0.1) is 11.3 Å². The number of thiophene rings is 1. The van der Waals surface area contributed by atoms with Crippen molar-refractivity contribution in [3.05, 3.63) is 66.5 Å². The van der Waals surface area contributed by atoms with Gasteiger partial charge in [-0.05, 0) is 92.5 Å². The van der Waals surface area contributed by atoms with E-state index in [1.165, 1.54) is 32.4 Å². The van der Waals surface area contributed by atoms with Gasteiger partial charge in [0.25, 0.3) is 0 Å². The minimum absolute atomic E-state index is 0.0946.